The normalized spacial score (nSPS) is 25.6. The quantitative estimate of drug-likeness (QED) is 0.741. The lowest BCUT2D eigenvalue weighted by Gasteiger charge is -2.31. The molecule has 0 bridgehead atoms. The molecule has 0 radical (unpaired) electrons. The Morgan fingerprint density at radius 2 is 2.07 bits per heavy atom. The van der Waals surface area contributed by atoms with Crippen LogP contribution in [0.3, 0.4) is 0 Å². The van der Waals surface area contributed by atoms with Crippen molar-refractivity contribution < 1.29 is 4.74 Å². The van der Waals surface area contributed by atoms with Crippen LogP contribution in [0, 0.1) is 0 Å². The number of hydrogen-bond donors (Lipinski definition) is 0. The van der Waals surface area contributed by atoms with Gasteiger partial charge in [0.2, 0.25) is 0 Å². The molecule has 0 aromatic heterocycles. The van der Waals surface area contributed by atoms with Crippen LogP contribution in [0.15, 0.2) is 22.7 Å². The molecule has 0 N–H and O–H groups in total. The molecule has 0 amide bonds. The average molecular weight is 296 g/mol. The van der Waals surface area contributed by atoms with E-state index in [1.807, 2.05) is 18.2 Å². The van der Waals surface area contributed by atoms with E-state index >= 15 is 0 Å². The third-order valence-corrected chi connectivity index (χ3v) is 3.44. The molecule has 0 atom stereocenters. The summed E-state index contributed by atoms with van der Waals surface area (Å²) >= 11 is 15.1. The predicted octanol–water partition coefficient (Wildman–Crippen LogP) is 4.25. The molecule has 1 aromatic rings. The van der Waals surface area contributed by atoms with Crippen molar-refractivity contribution in [3.63, 3.8) is 0 Å². The third-order valence-electron chi connectivity index (χ3n) is 2.22. The summed E-state index contributed by atoms with van der Waals surface area (Å²) in [4.78, 5) is 0. The minimum atomic E-state index is 0.259. The highest BCUT2D eigenvalue weighted by Crippen LogP contribution is 2.34. The first kappa shape index (κ1) is 10.6. The Labute approximate surface area is 101 Å². The van der Waals surface area contributed by atoms with Gasteiger partial charge in [0, 0.05) is 23.2 Å². The second-order valence-electron chi connectivity index (χ2n) is 3.38. The van der Waals surface area contributed by atoms with Crippen LogP contribution in [-0.2, 0) is 0 Å². The van der Waals surface area contributed by atoms with Crippen LogP contribution >= 0.6 is 39.1 Å². The number of benzene rings is 1. The summed E-state index contributed by atoms with van der Waals surface area (Å²) in [6, 6.07) is 5.51. The van der Waals surface area contributed by atoms with Gasteiger partial charge in [-0.15, -0.1) is 11.6 Å². The summed E-state index contributed by atoms with van der Waals surface area (Å²) in [6.45, 7) is 0. The molecule has 14 heavy (non-hydrogen) atoms. The molecule has 0 saturated heterocycles. The van der Waals surface area contributed by atoms with Crippen molar-refractivity contribution in [1.82, 2.24) is 0 Å². The van der Waals surface area contributed by atoms with E-state index in [0.29, 0.717) is 5.02 Å². The van der Waals surface area contributed by atoms with Crippen LogP contribution in [0.1, 0.15) is 12.8 Å². The summed E-state index contributed by atoms with van der Waals surface area (Å²) < 4.78 is 6.61. The highest BCUT2D eigenvalue weighted by molar-refractivity contribution is 9.10. The van der Waals surface area contributed by atoms with Gasteiger partial charge in [-0.2, -0.15) is 0 Å². The van der Waals surface area contributed by atoms with E-state index in [1.54, 1.807) is 0 Å². The molecular formula is C10H9BrCl2O. The largest absolute Gasteiger partial charge is 0.489 e. The summed E-state index contributed by atoms with van der Waals surface area (Å²) in [6.07, 6.45) is 2.11. The van der Waals surface area contributed by atoms with Crippen molar-refractivity contribution in [2.45, 2.75) is 24.3 Å². The minimum absolute atomic E-state index is 0.259. The maximum atomic E-state index is 5.86. The zero-order chi connectivity index (χ0) is 10.1. The molecule has 0 aliphatic heterocycles. The topological polar surface area (TPSA) is 9.23 Å². The van der Waals surface area contributed by atoms with Crippen molar-refractivity contribution in [2.75, 3.05) is 0 Å². The maximum Gasteiger partial charge on any atom is 0.133 e. The molecule has 1 aromatic carbocycles. The van der Waals surface area contributed by atoms with Crippen molar-refractivity contribution in [2.24, 2.45) is 0 Å². The fraction of sp³-hybridized carbons (Fsp3) is 0.400. The monoisotopic (exact) mass is 294 g/mol. The second-order valence-corrected chi connectivity index (χ2v) is 5.29. The van der Waals surface area contributed by atoms with E-state index < -0.39 is 0 Å². The lowest BCUT2D eigenvalue weighted by atomic mass is 9.95. The SMILES string of the molecule is Clc1ccc(OC2CC(Cl)C2)c(Br)c1. The fourth-order valence-corrected chi connectivity index (χ4v) is 2.52. The molecule has 1 aliphatic carbocycles. The van der Waals surface area contributed by atoms with Gasteiger partial charge in [-0.25, -0.2) is 0 Å². The van der Waals surface area contributed by atoms with Crippen LogP contribution < -0.4 is 4.74 Å². The van der Waals surface area contributed by atoms with Gasteiger partial charge in [0.15, 0.2) is 0 Å². The van der Waals surface area contributed by atoms with E-state index in [4.69, 9.17) is 27.9 Å². The predicted molar refractivity (Wildman–Crippen MR) is 62.4 cm³/mol. The molecule has 1 saturated carbocycles. The summed E-state index contributed by atoms with van der Waals surface area (Å²) in [5.74, 6) is 0.836. The summed E-state index contributed by atoms with van der Waals surface area (Å²) in [5.41, 5.74) is 0. The van der Waals surface area contributed by atoms with Gasteiger partial charge < -0.3 is 4.74 Å². The maximum absolute atomic E-state index is 5.86. The Morgan fingerprint density at radius 1 is 1.36 bits per heavy atom. The Balaban J connectivity index is 2.02. The zero-order valence-corrected chi connectivity index (χ0v) is 10.4. The van der Waals surface area contributed by atoms with E-state index in [-0.39, 0.29) is 11.5 Å². The van der Waals surface area contributed by atoms with Crippen molar-refractivity contribution >= 4 is 39.1 Å². The Kier molecular flexibility index (Phi) is 3.25. The van der Waals surface area contributed by atoms with E-state index in [9.17, 15) is 0 Å². The van der Waals surface area contributed by atoms with E-state index in [0.717, 1.165) is 23.1 Å². The van der Waals surface area contributed by atoms with Gasteiger partial charge in [0.1, 0.15) is 11.9 Å². The van der Waals surface area contributed by atoms with Gasteiger partial charge >= 0.3 is 0 Å². The number of ether oxygens (including phenoxy) is 1. The van der Waals surface area contributed by atoms with Crippen molar-refractivity contribution in [1.29, 1.82) is 0 Å². The van der Waals surface area contributed by atoms with Crippen molar-refractivity contribution in [3.8, 4) is 5.75 Å². The molecule has 1 aliphatic rings. The van der Waals surface area contributed by atoms with Crippen LogP contribution in [0.2, 0.25) is 5.02 Å². The zero-order valence-electron chi connectivity index (χ0n) is 7.34. The first-order chi connectivity index (χ1) is 6.65. The molecular weight excluding hydrogens is 287 g/mol. The smallest absolute Gasteiger partial charge is 0.133 e. The van der Waals surface area contributed by atoms with Crippen LogP contribution in [0.5, 0.6) is 5.75 Å². The average Bonchev–Trinajstić information content (AvgIpc) is 2.06. The molecule has 0 heterocycles. The molecule has 0 spiro atoms. The standard InChI is InChI=1S/C10H9BrCl2O/c11-9-5-6(12)1-2-10(9)14-8-3-7(13)4-8/h1-2,5,7-8H,3-4H2. The lowest BCUT2D eigenvalue weighted by molar-refractivity contribution is 0.123. The fourth-order valence-electron chi connectivity index (χ4n) is 1.35. The number of rotatable bonds is 2. The molecule has 76 valence electrons. The van der Waals surface area contributed by atoms with E-state index in [2.05, 4.69) is 15.9 Å². The first-order valence-corrected chi connectivity index (χ1v) is 6.01. The molecule has 1 fully saturated rings. The molecule has 1 nitrogen and oxygen atoms in total. The van der Waals surface area contributed by atoms with Gasteiger partial charge in [0.05, 0.1) is 4.47 Å². The van der Waals surface area contributed by atoms with Crippen molar-refractivity contribution in [3.05, 3.63) is 27.7 Å². The highest BCUT2D eigenvalue weighted by Gasteiger charge is 2.29. The Morgan fingerprint density at radius 3 is 2.64 bits per heavy atom. The lowest BCUT2D eigenvalue weighted by Crippen LogP contribution is -2.34. The van der Waals surface area contributed by atoms with E-state index in [1.165, 1.54) is 0 Å². The first-order valence-electron chi connectivity index (χ1n) is 4.41. The molecule has 0 unspecified atom stereocenters. The number of halogens is 3. The highest BCUT2D eigenvalue weighted by atomic mass is 79.9. The third kappa shape index (κ3) is 2.36. The Hall–Kier alpha value is 0.0800. The summed E-state index contributed by atoms with van der Waals surface area (Å²) in [5, 5.41) is 0.985. The number of alkyl halides is 1. The van der Waals surface area contributed by atoms with Crippen LogP contribution in [-0.4, -0.2) is 11.5 Å². The van der Waals surface area contributed by atoms with Gasteiger partial charge in [-0.05, 0) is 34.1 Å². The van der Waals surface area contributed by atoms with Gasteiger partial charge in [0.25, 0.3) is 0 Å². The minimum Gasteiger partial charge on any atom is -0.489 e. The molecule has 2 rings (SSSR count). The van der Waals surface area contributed by atoms with Gasteiger partial charge in [-0.3, -0.25) is 0 Å². The van der Waals surface area contributed by atoms with Crippen LogP contribution in [0.4, 0.5) is 0 Å². The number of hydrogen-bond acceptors (Lipinski definition) is 1. The Bertz CT molecular complexity index is 337. The second kappa shape index (κ2) is 4.30. The summed E-state index contributed by atoms with van der Waals surface area (Å²) in [7, 11) is 0. The molecule has 4 heteroatoms. The van der Waals surface area contributed by atoms with Crippen LogP contribution in [0.25, 0.3) is 0 Å². The van der Waals surface area contributed by atoms with Gasteiger partial charge in [-0.1, -0.05) is 11.6 Å².